The molecule has 4 aliphatic heterocycles. The zero-order valence-corrected chi connectivity index (χ0v) is 11.6. The Morgan fingerprint density at radius 1 is 0.944 bits per heavy atom. The topological polar surface area (TPSA) is 23.6 Å². The third-order valence-corrected chi connectivity index (χ3v) is 5.87. The maximum Gasteiger partial charge on any atom is 0.149 e. The van der Waals surface area contributed by atoms with E-state index in [4.69, 9.17) is 0 Å². The summed E-state index contributed by atoms with van der Waals surface area (Å²) in [5.74, 6) is 1.40. The first-order valence-electron chi connectivity index (χ1n) is 7.55. The zero-order chi connectivity index (χ0) is 12.5. The van der Waals surface area contributed by atoms with E-state index in [0.717, 1.165) is 32.1 Å². The average Bonchev–Trinajstić information content (AvgIpc) is 2.77. The van der Waals surface area contributed by atoms with Gasteiger partial charge in [0.05, 0.1) is 17.0 Å². The number of piperidine rings is 2. The predicted octanol–water partition coefficient (Wildman–Crippen LogP) is 1.73. The molecule has 1 saturated carbocycles. The van der Waals surface area contributed by atoms with Crippen LogP contribution in [-0.4, -0.2) is 47.9 Å². The highest BCUT2D eigenvalue weighted by Gasteiger charge is 2.62. The third kappa shape index (κ3) is 1.30. The first-order valence-corrected chi connectivity index (χ1v) is 7.55. The van der Waals surface area contributed by atoms with E-state index in [-0.39, 0.29) is 10.8 Å². The van der Waals surface area contributed by atoms with Crippen molar-refractivity contribution >= 4 is 5.78 Å². The van der Waals surface area contributed by atoms with Gasteiger partial charge in [-0.3, -0.25) is 14.6 Å². The van der Waals surface area contributed by atoms with Gasteiger partial charge in [-0.25, -0.2) is 0 Å². The van der Waals surface area contributed by atoms with Crippen LogP contribution in [0.2, 0.25) is 0 Å². The summed E-state index contributed by atoms with van der Waals surface area (Å²) in [6, 6.07) is 0. The molecule has 0 unspecified atom stereocenters. The van der Waals surface area contributed by atoms with E-state index in [2.05, 4.69) is 23.6 Å². The van der Waals surface area contributed by atoms with Gasteiger partial charge in [0.2, 0.25) is 0 Å². The van der Waals surface area contributed by atoms with E-state index in [1.54, 1.807) is 0 Å². The van der Waals surface area contributed by atoms with Gasteiger partial charge in [-0.1, -0.05) is 26.7 Å². The summed E-state index contributed by atoms with van der Waals surface area (Å²) >= 11 is 0. The second-order valence-electron chi connectivity index (χ2n) is 7.72. The van der Waals surface area contributed by atoms with Gasteiger partial charge < -0.3 is 0 Å². The van der Waals surface area contributed by atoms with Crippen LogP contribution in [0.4, 0.5) is 0 Å². The summed E-state index contributed by atoms with van der Waals surface area (Å²) < 4.78 is 0. The molecule has 1 aliphatic carbocycles. The molecular weight excluding hydrogens is 224 g/mol. The molecule has 0 aromatic heterocycles. The van der Waals surface area contributed by atoms with E-state index in [1.807, 2.05) is 0 Å². The van der Waals surface area contributed by atoms with E-state index >= 15 is 0 Å². The van der Waals surface area contributed by atoms with Crippen molar-refractivity contribution in [2.75, 3.05) is 26.2 Å². The lowest BCUT2D eigenvalue weighted by Gasteiger charge is -2.65. The maximum absolute atomic E-state index is 12.6. The van der Waals surface area contributed by atoms with Crippen molar-refractivity contribution < 1.29 is 4.79 Å². The molecule has 18 heavy (non-hydrogen) atoms. The summed E-state index contributed by atoms with van der Waals surface area (Å²) in [5.41, 5.74) is -0.166. The number of hydrogen-bond donors (Lipinski definition) is 0. The molecule has 0 aromatic rings. The van der Waals surface area contributed by atoms with E-state index in [0.29, 0.717) is 11.9 Å². The largest absolute Gasteiger partial charge is 0.298 e. The second-order valence-corrected chi connectivity index (χ2v) is 7.72. The first kappa shape index (κ1) is 11.4. The highest BCUT2D eigenvalue weighted by molar-refractivity contribution is 5.92. The molecule has 5 rings (SSSR count). The molecule has 0 N–H and O–H groups in total. The summed E-state index contributed by atoms with van der Waals surface area (Å²) in [6.07, 6.45) is 6.28. The van der Waals surface area contributed by atoms with Crippen LogP contribution in [0.5, 0.6) is 0 Å². The molecule has 5 fully saturated rings. The van der Waals surface area contributed by atoms with E-state index in [1.165, 1.54) is 25.7 Å². The monoisotopic (exact) mass is 248 g/mol. The highest BCUT2D eigenvalue weighted by atomic mass is 16.1. The molecule has 0 aromatic carbocycles. The normalized spacial score (nSPS) is 55.4. The van der Waals surface area contributed by atoms with Crippen LogP contribution in [0.1, 0.15) is 39.5 Å². The molecule has 3 nitrogen and oxygen atoms in total. The minimum Gasteiger partial charge on any atom is -0.298 e. The molecule has 4 heterocycles. The van der Waals surface area contributed by atoms with Crippen molar-refractivity contribution in [1.82, 2.24) is 9.80 Å². The molecule has 3 heteroatoms. The van der Waals surface area contributed by atoms with Crippen molar-refractivity contribution in [2.24, 2.45) is 16.7 Å². The lowest BCUT2D eigenvalue weighted by atomic mass is 9.61. The molecule has 0 spiro atoms. The number of rotatable bonds is 1. The number of carbonyl (C=O) groups excluding carboxylic acids is 1. The minimum atomic E-state index is -0.0830. The van der Waals surface area contributed by atoms with Gasteiger partial charge in [0, 0.05) is 26.2 Å². The van der Waals surface area contributed by atoms with E-state index in [9.17, 15) is 4.79 Å². The fraction of sp³-hybridized carbons (Fsp3) is 0.933. The number of Topliss-reactive ketones (excluding diaryl/α,β-unsaturated/α-hetero) is 1. The first-order chi connectivity index (χ1) is 8.52. The van der Waals surface area contributed by atoms with Crippen LogP contribution in [-0.2, 0) is 4.79 Å². The Labute approximate surface area is 110 Å². The third-order valence-electron chi connectivity index (χ3n) is 5.87. The summed E-state index contributed by atoms with van der Waals surface area (Å²) in [6.45, 7) is 8.43. The number of carbonyl (C=O) groups is 1. The predicted molar refractivity (Wildman–Crippen MR) is 70.1 cm³/mol. The Kier molecular flexibility index (Phi) is 2.14. The van der Waals surface area contributed by atoms with Crippen molar-refractivity contribution in [3.8, 4) is 0 Å². The zero-order valence-electron chi connectivity index (χ0n) is 11.6. The van der Waals surface area contributed by atoms with Gasteiger partial charge in [0.1, 0.15) is 5.78 Å². The van der Waals surface area contributed by atoms with Gasteiger partial charge in [0.15, 0.2) is 0 Å². The molecule has 4 bridgehead atoms. The number of ketones is 1. The van der Waals surface area contributed by atoms with Gasteiger partial charge in [-0.15, -0.1) is 0 Å². The van der Waals surface area contributed by atoms with Crippen LogP contribution in [0.25, 0.3) is 0 Å². The lowest BCUT2D eigenvalue weighted by molar-refractivity contribution is -0.203. The molecule has 100 valence electrons. The second kappa shape index (κ2) is 3.37. The Hall–Kier alpha value is -0.410. The minimum absolute atomic E-state index is 0.0830. The van der Waals surface area contributed by atoms with Crippen LogP contribution in [0.15, 0.2) is 0 Å². The Morgan fingerprint density at radius 3 is 1.83 bits per heavy atom. The van der Waals surface area contributed by atoms with Crippen LogP contribution in [0, 0.1) is 16.7 Å². The smallest absolute Gasteiger partial charge is 0.149 e. The SMILES string of the molecule is CC12CN3CC(C)(CN(C1)C3C1CCCC1)C2=O. The summed E-state index contributed by atoms with van der Waals surface area (Å²) in [5, 5.41) is 0. The van der Waals surface area contributed by atoms with Gasteiger partial charge >= 0.3 is 0 Å². The van der Waals surface area contributed by atoms with Crippen molar-refractivity contribution in [3.63, 3.8) is 0 Å². The molecular formula is C15H24N2O. The van der Waals surface area contributed by atoms with Gasteiger partial charge in [0.25, 0.3) is 0 Å². The quantitative estimate of drug-likeness (QED) is 0.706. The Balaban J connectivity index is 1.68. The standard InChI is InChI=1S/C15H24N2O/c1-14-7-16-9-15(2,13(14)18)10-17(8-14)12(16)11-5-3-4-6-11/h11-12H,3-10H2,1-2H3. The summed E-state index contributed by atoms with van der Waals surface area (Å²) in [7, 11) is 0. The molecule has 4 saturated heterocycles. The molecule has 0 atom stereocenters. The molecule has 0 radical (unpaired) electrons. The highest BCUT2D eigenvalue weighted by Crippen LogP contribution is 2.50. The molecule has 5 aliphatic rings. The lowest BCUT2D eigenvalue weighted by Crippen LogP contribution is -2.79. The van der Waals surface area contributed by atoms with Gasteiger partial charge in [-0.2, -0.15) is 0 Å². The fourth-order valence-electron chi connectivity index (χ4n) is 5.48. The Bertz CT molecular complexity index is 359. The van der Waals surface area contributed by atoms with Crippen LogP contribution < -0.4 is 0 Å². The molecule has 0 amide bonds. The van der Waals surface area contributed by atoms with Crippen molar-refractivity contribution in [3.05, 3.63) is 0 Å². The van der Waals surface area contributed by atoms with Crippen molar-refractivity contribution in [1.29, 1.82) is 0 Å². The maximum atomic E-state index is 12.6. The Morgan fingerprint density at radius 2 is 1.39 bits per heavy atom. The van der Waals surface area contributed by atoms with Crippen LogP contribution >= 0.6 is 0 Å². The van der Waals surface area contributed by atoms with Gasteiger partial charge in [-0.05, 0) is 18.8 Å². The number of nitrogens with zero attached hydrogens (tertiary/aromatic N) is 2. The van der Waals surface area contributed by atoms with E-state index < -0.39 is 0 Å². The summed E-state index contributed by atoms with van der Waals surface area (Å²) in [4.78, 5) is 17.9. The van der Waals surface area contributed by atoms with Crippen molar-refractivity contribution in [2.45, 2.75) is 45.7 Å². The number of hydrogen-bond acceptors (Lipinski definition) is 3. The average molecular weight is 248 g/mol. The fourth-order valence-corrected chi connectivity index (χ4v) is 5.48. The van der Waals surface area contributed by atoms with Crippen LogP contribution in [0.3, 0.4) is 0 Å².